The molecule has 0 saturated carbocycles. The number of aryl methyl sites for hydroxylation is 2. The molecule has 24 heavy (non-hydrogen) atoms. The quantitative estimate of drug-likeness (QED) is 0.865. The van der Waals surface area contributed by atoms with E-state index >= 15 is 0 Å². The average molecular weight is 326 g/mol. The Morgan fingerprint density at radius 2 is 2.04 bits per heavy atom. The van der Waals surface area contributed by atoms with Crippen LogP contribution in [0.3, 0.4) is 0 Å². The molecule has 0 fully saturated rings. The summed E-state index contributed by atoms with van der Waals surface area (Å²) in [5, 5.41) is 8.66. The van der Waals surface area contributed by atoms with Gasteiger partial charge in [-0.3, -0.25) is 4.90 Å². The number of hydrogen-bond donors (Lipinski definition) is 0. The largest absolute Gasteiger partial charge is 0.377 e. The minimum atomic E-state index is 0.471. The van der Waals surface area contributed by atoms with Gasteiger partial charge in [-0.1, -0.05) is 18.2 Å². The Morgan fingerprint density at radius 3 is 2.92 bits per heavy atom. The molecule has 0 amide bonds. The van der Waals surface area contributed by atoms with Crippen LogP contribution in [0.4, 0.5) is 0 Å². The first-order valence-electron chi connectivity index (χ1n) is 8.99. The number of methoxy groups -OCH3 is 1. The van der Waals surface area contributed by atoms with Crippen molar-refractivity contribution in [3.8, 4) is 0 Å². The van der Waals surface area contributed by atoms with E-state index in [9.17, 15) is 0 Å². The highest BCUT2D eigenvalue weighted by atomic mass is 16.5. The van der Waals surface area contributed by atoms with Gasteiger partial charge in [0.25, 0.3) is 0 Å². The summed E-state index contributed by atoms with van der Waals surface area (Å²) in [5.74, 6) is 2.03. The highest BCUT2D eigenvalue weighted by molar-refractivity contribution is 5.35. The monoisotopic (exact) mass is 326 g/mol. The van der Waals surface area contributed by atoms with Crippen LogP contribution >= 0.6 is 0 Å². The SMILES string of the molecule is COCc1nnc2n1CCN(Cc1ccc3c(c1)CCC3)[C@@H](C)C2. The summed E-state index contributed by atoms with van der Waals surface area (Å²) in [6, 6.07) is 7.56. The Bertz CT molecular complexity index is 724. The molecule has 4 rings (SSSR count). The minimum absolute atomic E-state index is 0.471. The molecule has 2 aliphatic rings. The number of rotatable bonds is 4. The Hall–Kier alpha value is -1.72. The zero-order valence-corrected chi connectivity index (χ0v) is 14.7. The summed E-state index contributed by atoms with van der Waals surface area (Å²) < 4.78 is 7.49. The molecule has 128 valence electrons. The standard InChI is InChI=1S/C19H26N4O/c1-14-10-18-20-21-19(13-24-2)23(18)9-8-22(14)12-15-6-7-16-4-3-5-17(16)11-15/h6-7,11,14H,3-5,8-10,12-13H2,1-2H3/t14-/m0/s1. The van der Waals surface area contributed by atoms with Crippen molar-refractivity contribution in [2.24, 2.45) is 0 Å². The number of aromatic nitrogens is 3. The number of fused-ring (bicyclic) bond motifs is 2. The van der Waals surface area contributed by atoms with E-state index in [2.05, 4.69) is 44.8 Å². The van der Waals surface area contributed by atoms with Gasteiger partial charge in [-0.2, -0.15) is 0 Å². The van der Waals surface area contributed by atoms with Crippen molar-refractivity contribution in [2.45, 2.75) is 58.3 Å². The predicted molar refractivity (Wildman–Crippen MR) is 92.8 cm³/mol. The molecule has 1 aromatic carbocycles. The lowest BCUT2D eigenvalue weighted by atomic mass is 10.1. The molecule has 0 bridgehead atoms. The third kappa shape index (κ3) is 2.98. The molecular weight excluding hydrogens is 300 g/mol. The molecule has 5 heteroatoms. The third-order valence-corrected chi connectivity index (χ3v) is 5.44. The first-order chi connectivity index (χ1) is 11.7. The highest BCUT2D eigenvalue weighted by Crippen LogP contribution is 2.24. The molecule has 0 radical (unpaired) electrons. The van der Waals surface area contributed by atoms with Crippen LogP contribution < -0.4 is 0 Å². The average Bonchev–Trinajstić information content (AvgIpc) is 3.15. The van der Waals surface area contributed by atoms with Crippen molar-refractivity contribution >= 4 is 0 Å². The maximum Gasteiger partial charge on any atom is 0.159 e. The lowest BCUT2D eigenvalue weighted by Crippen LogP contribution is -2.34. The molecule has 5 nitrogen and oxygen atoms in total. The van der Waals surface area contributed by atoms with Gasteiger partial charge in [0.05, 0.1) is 0 Å². The molecule has 2 heterocycles. The molecule has 1 atom stereocenters. The zero-order valence-electron chi connectivity index (χ0n) is 14.7. The van der Waals surface area contributed by atoms with Gasteiger partial charge in [-0.05, 0) is 42.9 Å². The first kappa shape index (κ1) is 15.8. The molecular formula is C19H26N4O. The van der Waals surface area contributed by atoms with Crippen molar-refractivity contribution in [1.82, 2.24) is 19.7 Å². The van der Waals surface area contributed by atoms with Crippen LogP contribution in [-0.4, -0.2) is 39.4 Å². The summed E-state index contributed by atoms with van der Waals surface area (Å²) in [6.45, 7) is 5.82. The fourth-order valence-corrected chi connectivity index (χ4v) is 4.05. The lowest BCUT2D eigenvalue weighted by Gasteiger charge is -2.26. The normalized spacial score (nSPS) is 20.7. The molecule has 1 aromatic heterocycles. The van der Waals surface area contributed by atoms with E-state index in [1.54, 1.807) is 18.2 Å². The number of nitrogens with zero attached hydrogens (tertiary/aromatic N) is 4. The molecule has 2 aromatic rings. The van der Waals surface area contributed by atoms with Gasteiger partial charge in [-0.25, -0.2) is 0 Å². The maximum absolute atomic E-state index is 5.25. The van der Waals surface area contributed by atoms with Crippen LogP contribution in [0.5, 0.6) is 0 Å². The topological polar surface area (TPSA) is 43.2 Å². The molecule has 0 saturated heterocycles. The third-order valence-electron chi connectivity index (χ3n) is 5.44. The highest BCUT2D eigenvalue weighted by Gasteiger charge is 2.24. The van der Waals surface area contributed by atoms with E-state index in [0.29, 0.717) is 12.6 Å². The summed E-state index contributed by atoms with van der Waals surface area (Å²) >= 11 is 0. The summed E-state index contributed by atoms with van der Waals surface area (Å²) in [7, 11) is 1.71. The van der Waals surface area contributed by atoms with E-state index < -0.39 is 0 Å². The van der Waals surface area contributed by atoms with Crippen molar-refractivity contribution in [3.63, 3.8) is 0 Å². The zero-order chi connectivity index (χ0) is 16.5. The van der Waals surface area contributed by atoms with Crippen molar-refractivity contribution in [3.05, 3.63) is 46.5 Å². The number of benzene rings is 1. The molecule has 0 N–H and O–H groups in total. The van der Waals surface area contributed by atoms with Crippen LogP contribution in [0.15, 0.2) is 18.2 Å². The van der Waals surface area contributed by atoms with Gasteiger partial charge in [0.2, 0.25) is 0 Å². The lowest BCUT2D eigenvalue weighted by molar-refractivity contribution is 0.171. The molecule has 1 aliphatic heterocycles. The smallest absolute Gasteiger partial charge is 0.159 e. The van der Waals surface area contributed by atoms with Crippen molar-refractivity contribution < 1.29 is 4.74 Å². The second-order valence-corrected chi connectivity index (χ2v) is 7.10. The van der Waals surface area contributed by atoms with Gasteiger partial charge < -0.3 is 9.30 Å². The van der Waals surface area contributed by atoms with E-state index in [-0.39, 0.29) is 0 Å². The summed E-state index contributed by atoms with van der Waals surface area (Å²) in [5.41, 5.74) is 4.56. The fourth-order valence-electron chi connectivity index (χ4n) is 4.05. The number of hydrogen-bond acceptors (Lipinski definition) is 4. The summed E-state index contributed by atoms with van der Waals surface area (Å²) in [6.07, 6.45) is 4.77. The van der Waals surface area contributed by atoms with Crippen LogP contribution in [0.1, 0.15) is 41.7 Å². The van der Waals surface area contributed by atoms with Gasteiger partial charge in [0.1, 0.15) is 12.4 Å². The van der Waals surface area contributed by atoms with E-state index in [1.807, 2.05) is 0 Å². The minimum Gasteiger partial charge on any atom is -0.377 e. The van der Waals surface area contributed by atoms with Crippen LogP contribution in [0.25, 0.3) is 0 Å². The van der Waals surface area contributed by atoms with E-state index in [0.717, 1.165) is 37.7 Å². The van der Waals surface area contributed by atoms with Crippen LogP contribution in [-0.2, 0) is 43.7 Å². The Kier molecular flexibility index (Phi) is 4.37. The van der Waals surface area contributed by atoms with E-state index in [1.165, 1.54) is 24.8 Å². The second-order valence-electron chi connectivity index (χ2n) is 7.10. The maximum atomic E-state index is 5.25. The Morgan fingerprint density at radius 1 is 1.17 bits per heavy atom. The first-order valence-corrected chi connectivity index (χ1v) is 8.99. The van der Waals surface area contributed by atoms with Gasteiger partial charge in [0, 0.05) is 39.2 Å². The van der Waals surface area contributed by atoms with Crippen molar-refractivity contribution in [2.75, 3.05) is 13.7 Å². The van der Waals surface area contributed by atoms with E-state index in [4.69, 9.17) is 4.74 Å². The second kappa shape index (κ2) is 6.65. The molecule has 1 aliphatic carbocycles. The number of ether oxygens (including phenoxy) is 1. The van der Waals surface area contributed by atoms with Crippen molar-refractivity contribution in [1.29, 1.82) is 0 Å². The van der Waals surface area contributed by atoms with Crippen LogP contribution in [0.2, 0.25) is 0 Å². The van der Waals surface area contributed by atoms with Gasteiger partial charge >= 0.3 is 0 Å². The Balaban J connectivity index is 1.49. The summed E-state index contributed by atoms with van der Waals surface area (Å²) in [4.78, 5) is 2.57. The Labute approximate surface area is 143 Å². The predicted octanol–water partition coefficient (Wildman–Crippen LogP) is 2.36. The van der Waals surface area contributed by atoms with Gasteiger partial charge in [-0.15, -0.1) is 10.2 Å². The van der Waals surface area contributed by atoms with Crippen LogP contribution in [0, 0.1) is 0 Å². The molecule has 0 spiro atoms. The fraction of sp³-hybridized carbons (Fsp3) is 0.579. The van der Waals surface area contributed by atoms with Gasteiger partial charge in [0.15, 0.2) is 5.82 Å². The molecule has 0 unspecified atom stereocenters.